The lowest BCUT2D eigenvalue weighted by Crippen LogP contribution is -2.47. The number of carbonyl (C=O) groups excluding carboxylic acids is 1. The highest BCUT2D eigenvalue weighted by Gasteiger charge is 2.27. The molecule has 1 heterocycles. The second kappa shape index (κ2) is 3.99. The molecule has 1 aliphatic rings. The fraction of sp³-hybridized carbons (Fsp3) is 0.900. The topological polar surface area (TPSA) is 29.5 Å². The zero-order chi connectivity index (χ0) is 9.90. The van der Waals surface area contributed by atoms with Crippen molar-refractivity contribution in [3.63, 3.8) is 0 Å². The molecule has 1 aliphatic heterocycles. The maximum Gasteiger partial charge on any atom is 0.410 e. The van der Waals surface area contributed by atoms with Gasteiger partial charge in [0.05, 0.1) is 6.61 Å². The van der Waals surface area contributed by atoms with Gasteiger partial charge in [-0.15, -0.1) is 0 Å². The van der Waals surface area contributed by atoms with Crippen LogP contribution in [0.5, 0.6) is 0 Å². The van der Waals surface area contributed by atoms with Crippen LogP contribution >= 0.6 is 0 Å². The van der Waals surface area contributed by atoms with Crippen molar-refractivity contribution < 1.29 is 9.53 Å². The quantitative estimate of drug-likeness (QED) is 0.580. The predicted octanol–water partition coefficient (Wildman–Crippen LogP) is 2.41. The molecule has 0 aromatic carbocycles. The van der Waals surface area contributed by atoms with Crippen LogP contribution in [0.3, 0.4) is 0 Å². The molecule has 0 spiro atoms. The Morgan fingerprint density at radius 1 is 1.23 bits per heavy atom. The van der Waals surface area contributed by atoms with Gasteiger partial charge < -0.3 is 9.64 Å². The molecule has 0 aliphatic carbocycles. The number of amides is 1. The Kier molecular flexibility index (Phi) is 3.17. The lowest BCUT2D eigenvalue weighted by Gasteiger charge is -2.35. The maximum absolute atomic E-state index is 11.5. The van der Waals surface area contributed by atoms with Gasteiger partial charge >= 0.3 is 6.09 Å². The van der Waals surface area contributed by atoms with Gasteiger partial charge in [-0.25, -0.2) is 4.79 Å². The summed E-state index contributed by atoms with van der Waals surface area (Å²) >= 11 is 0. The smallest absolute Gasteiger partial charge is 0.410 e. The van der Waals surface area contributed by atoms with E-state index >= 15 is 0 Å². The number of hydrogen-bond donors (Lipinski definition) is 0. The van der Waals surface area contributed by atoms with Gasteiger partial charge in [-0.05, 0) is 40.0 Å². The molecule has 0 unspecified atom stereocenters. The molecular weight excluding hydrogens is 166 g/mol. The van der Waals surface area contributed by atoms with Crippen molar-refractivity contribution in [3.05, 3.63) is 0 Å². The first-order chi connectivity index (χ1) is 6.02. The first-order valence-corrected chi connectivity index (χ1v) is 4.96. The van der Waals surface area contributed by atoms with Gasteiger partial charge in [-0.2, -0.15) is 0 Å². The van der Waals surface area contributed by atoms with E-state index in [0.29, 0.717) is 6.61 Å². The monoisotopic (exact) mass is 185 g/mol. The van der Waals surface area contributed by atoms with Crippen molar-refractivity contribution >= 4 is 6.09 Å². The average Bonchev–Trinajstić information content (AvgIpc) is 1.94. The van der Waals surface area contributed by atoms with E-state index in [1.165, 1.54) is 0 Å². The Balaban J connectivity index is 2.62. The van der Waals surface area contributed by atoms with Crippen LogP contribution in [0, 0.1) is 0 Å². The minimum atomic E-state index is -0.160. The standard InChI is InChI=1S/C10H19NO2/c1-10(2,3)11-7-5-4-6-8-13-9(11)12/h4-8H2,1-3H3. The highest BCUT2D eigenvalue weighted by Crippen LogP contribution is 2.17. The summed E-state index contributed by atoms with van der Waals surface area (Å²) in [6, 6.07) is 0. The van der Waals surface area contributed by atoms with Crippen LogP contribution < -0.4 is 0 Å². The van der Waals surface area contributed by atoms with Crippen LogP contribution in [0.2, 0.25) is 0 Å². The van der Waals surface area contributed by atoms with E-state index in [-0.39, 0.29) is 11.6 Å². The van der Waals surface area contributed by atoms with Gasteiger partial charge in [0.15, 0.2) is 0 Å². The van der Waals surface area contributed by atoms with Crippen molar-refractivity contribution in [2.45, 2.75) is 45.6 Å². The van der Waals surface area contributed by atoms with E-state index in [9.17, 15) is 4.79 Å². The second-order valence-electron chi connectivity index (χ2n) is 4.50. The third-order valence-corrected chi connectivity index (χ3v) is 2.28. The van der Waals surface area contributed by atoms with Crippen LogP contribution in [-0.4, -0.2) is 29.7 Å². The number of hydrogen-bond acceptors (Lipinski definition) is 2. The van der Waals surface area contributed by atoms with Crippen molar-refractivity contribution in [3.8, 4) is 0 Å². The molecule has 1 amide bonds. The number of cyclic esters (lactones) is 1. The van der Waals surface area contributed by atoms with Gasteiger partial charge in [0, 0.05) is 12.1 Å². The Morgan fingerprint density at radius 3 is 2.54 bits per heavy atom. The molecule has 3 heteroatoms. The van der Waals surface area contributed by atoms with E-state index in [1.807, 2.05) is 25.7 Å². The summed E-state index contributed by atoms with van der Waals surface area (Å²) in [6.07, 6.45) is 3.09. The van der Waals surface area contributed by atoms with Crippen molar-refractivity contribution in [2.24, 2.45) is 0 Å². The molecule has 3 nitrogen and oxygen atoms in total. The van der Waals surface area contributed by atoms with E-state index in [4.69, 9.17) is 4.74 Å². The lowest BCUT2D eigenvalue weighted by atomic mass is 10.1. The molecule has 0 aromatic heterocycles. The largest absolute Gasteiger partial charge is 0.449 e. The Morgan fingerprint density at radius 2 is 1.92 bits per heavy atom. The summed E-state index contributed by atoms with van der Waals surface area (Å²) in [5.74, 6) is 0. The SMILES string of the molecule is CC(C)(C)N1CCCCCOC1=O. The summed E-state index contributed by atoms with van der Waals surface area (Å²) in [4.78, 5) is 13.3. The molecule has 0 bridgehead atoms. The molecule has 1 rings (SSSR count). The minimum absolute atomic E-state index is 0.117. The van der Waals surface area contributed by atoms with Crippen LogP contribution in [-0.2, 0) is 4.74 Å². The number of rotatable bonds is 0. The molecule has 13 heavy (non-hydrogen) atoms. The molecule has 0 aromatic rings. The first-order valence-electron chi connectivity index (χ1n) is 4.96. The van der Waals surface area contributed by atoms with Crippen LogP contribution in [0.4, 0.5) is 4.79 Å². The van der Waals surface area contributed by atoms with Gasteiger partial charge in [0.1, 0.15) is 0 Å². The van der Waals surface area contributed by atoms with Crippen LogP contribution in [0.15, 0.2) is 0 Å². The summed E-state index contributed by atoms with van der Waals surface area (Å²) in [5.41, 5.74) is -0.117. The molecule has 1 fully saturated rings. The number of carbonyl (C=O) groups is 1. The first kappa shape index (κ1) is 10.4. The fourth-order valence-electron chi connectivity index (χ4n) is 1.49. The molecule has 76 valence electrons. The van der Waals surface area contributed by atoms with Gasteiger partial charge in [-0.3, -0.25) is 0 Å². The van der Waals surface area contributed by atoms with E-state index in [2.05, 4.69) is 0 Å². The zero-order valence-electron chi connectivity index (χ0n) is 8.80. The molecule has 0 N–H and O–H groups in total. The lowest BCUT2D eigenvalue weighted by molar-refractivity contribution is 0.0574. The Bertz CT molecular complexity index is 184. The molecule has 0 saturated carbocycles. The van der Waals surface area contributed by atoms with Crippen molar-refractivity contribution in [2.75, 3.05) is 13.2 Å². The fourth-order valence-corrected chi connectivity index (χ4v) is 1.49. The van der Waals surface area contributed by atoms with E-state index in [1.54, 1.807) is 0 Å². The third-order valence-electron chi connectivity index (χ3n) is 2.28. The molecule has 0 radical (unpaired) electrons. The second-order valence-corrected chi connectivity index (χ2v) is 4.50. The summed E-state index contributed by atoms with van der Waals surface area (Å²) in [6.45, 7) is 7.51. The van der Waals surface area contributed by atoms with Gasteiger partial charge in [0.25, 0.3) is 0 Å². The summed E-state index contributed by atoms with van der Waals surface area (Å²) in [7, 11) is 0. The highest BCUT2D eigenvalue weighted by molar-refractivity contribution is 5.68. The zero-order valence-corrected chi connectivity index (χ0v) is 8.80. The normalized spacial score (nSPS) is 20.5. The van der Waals surface area contributed by atoms with Crippen LogP contribution in [0.25, 0.3) is 0 Å². The van der Waals surface area contributed by atoms with E-state index in [0.717, 1.165) is 25.8 Å². The highest BCUT2D eigenvalue weighted by atomic mass is 16.6. The summed E-state index contributed by atoms with van der Waals surface area (Å²) < 4.78 is 5.11. The van der Waals surface area contributed by atoms with Crippen LogP contribution in [0.1, 0.15) is 40.0 Å². The van der Waals surface area contributed by atoms with E-state index < -0.39 is 0 Å². The molecule has 0 atom stereocenters. The number of nitrogens with zero attached hydrogens (tertiary/aromatic N) is 1. The Hall–Kier alpha value is -0.730. The summed E-state index contributed by atoms with van der Waals surface area (Å²) in [5, 5.41) is 0. The molecular formula is C10H19NO2. The minimum Gasteiger partial charge on any atom is -0.449 e. The predicted molar refractivity (Wildman–Crippen MR) is 51.7 cm³/mol. The maximum atomic E-state index is 11.5. The number of ether oxygens (including phenoxy) is 1. The molecule has 1 saturated heterocycles. The Labute approximate surface area is 80.1 Å². The van der Waals surface area contributed by atoms with Gasteiger partial charge in [0.2, 0.25) is 0 Å². The average molecular weight is 185 g/mol. The van der Waals surface area contributed by atoms with Gasteiger partial charge in [-0.1, -0.05) is 0 Å². The van der Waals surface area contributed by atoms with Crippen molar-refractivity contribution in [1.82, 2.24) is 4.90 Å². The van der Waals surface area contributed by atoms with Crippen molar-refractivity contribution in [1.29, 1.82) is 0 Å². The third kappa shape index (κ3) is 2.90.